The van der Waals surface area contributed by atoms with E-state index in [-0.39, 0.29) is 11.5 Å². The second kappa shape index (κ2) is 7.41. The lowest BCUT2D eigenvalue weighted by molar-refractivity contribution is -0.146. The molecule has 138 valence electrons. The summed E-state index contributed by atoms with van der Waals surface area (Å²) in [6, 6.07) is -0.889. The molecular weight excluding hydrogens is 386 g/mol. The highest BCUT2D eigenvalue weighted by Gasteiger charge is 2.57. The van der Waals surface area contributed by atoms with Crippen molar-refractivity contribution in [3.63, 3.8) is 0 Å². The predicted octanol–water partition coefficient (Wildman–Crippen LogP) is 4.01. The van der Waals surface area contributed by atoms with Gasteiger partial charge in [-0.25, -0.2) is 9.59 Å². The fourth-order valence-electron chi connectivity index (χ4n) is 3.81. The minimum absolute atomic E-state index is 0.223. The predicted molar refractivity (Wildman–Crippen MR) is 99.0 cm³/mol. The Morgan fingerprint density at radius 2 is 2.16 bits per heavy atom. The fourth-order valence-corrected chi connectivity index (χ4v) is 4.26. The summed E-state index contributed by atoms with van der Waals surface area (Å²) < 4.78 is 11.6. The lowest BCUT2D eigenvalue weighted by Gasteiger charge is -2.39. The molecule has 0 N–H and O–H groups in total. The van der Waals surface area contributed by atoms with Gasteiger partial charge in [0.2, 0.25) is 0 Å². The number of fused-ring (bicyclic) bond motifs is 1. The van der Waals surface area contributed by atoms with Crippen LogP contribution in [0.5, 0.6) is 0 Å². The molecule has 0 radical (unpaired) electrons. The molecule has 1 aliphatic carbocycles. The van der Waals surface area contributed by atoms with E-state index in [0.29, 0.717) is 12.8 Å². The van der Waals surface area contributed by atoms with Gasteiger partial charge < -0.3 is 9.47 Å². The zero-order valence-corrected chi connectivity index (χ0v) is 16.9. The molecule has 1 heterocycles. The molecule has 1 amide bonds. The van der Waals surface area contributed by atoms with Crippen LogP contribution in [0.15, 0.2) is 10.6 Å². The highest BCUT2D eigenvalue weighted by Crippen LogP contribution is 2.52. The quantitative estimate of drug-likeness (QED) is 0.519. The van der Waals surface area contributed by atoms with Gasteiger partial charge in [0.15, 0.2) is 0 Å². The third-order valence-electron chi connectivity index (χ3n) is 4.91. The van der Waals surface area contributed by atoms with Crippen molar-refractivity contribution in [1.82, 2.24) is 4.90 Å². The Kier molecular flexibility index (Phi) is 5.88. The van der Waals surface area contributed by atoms with Gasteiger partial charge in [0.1, 0.15) is 11.6 Å². The van der Waals surface area contributed by atoms with Gasteiger partial charge in [0, 0.05) is 6.42 Å². The van der Waals surface area contributed by atoms with E-state index in [1.54, 1.807) is 4.90 Å². The van der Waals surface area contributed by atoms with E-state index in [1.165, 1.54) is 7.11 Å². The van der Waals surface area contributed by atoms with Gasteiger partial charge in [-0.15, -0.1) is 12.3 Å². The molecule has 0 bridgehead atoms. The summed E-state index contributed by atoms with van der Waals surface area (Å²) in [6.07, 6.45) is 10.7. The summed E-state index contributed by atoms with van der Waals surface area (Å²) >= 11 is 3.56. The standard InChI is InChI=1S/C19H26BrNO4/c1-6-7-9-19-10-8-13(20)11-15(19)21(14(12-19)16(22)24-5)17(23)25-18(2,3)4/h1,11,14-15H,7-10,12H2,2-5H3/t14-,15-,19-/m0/s1. The van der Waals surface area contributed by atoms with Gasteiger partial charge in [-0.05, 0) is 56.4 Å². The number of halogens is 1. The number of carbonyl (C=O) groups is 2. The number of methoxy groups -OCH3 is 1. The molecule has 3 atom stereocenters. The van der Waals surface area contributed by atoms with Crippen molar-refractivity contribution in [1.29, 1.82) is 0 Å². The number of terminal acetylenes is 1. The van der Waals surface area contributed by atoms with Crippen molar-refractivity contribution in [2.45, 2.75) is 70.6 Å². The van der Waals surface area contributed by atoms with Crippen molar-refractivity contribution in [2.75, 3.05) is 7.11 Å². The molecule has 1 fully saturated rings. The maximum Gasteiger partial charge on any atom is 0.411 e. The van der Waals surface area contributed by atoms with E-state index in [1.807, 2.05) is 26.8 Å². The Bertz CT molecular complexity index is 616. The number of carbonyl (C=O) groups excluding carboxylic acids is 2. The fraction of sp³-hybridized carbons (Fsp3) is 0.684. The van der Waals surface area contributed by atoms with Crippen molar-refractivity contribution in [2.24, 2.45) is 5.41 Å². The lowest BCUT2D eigenvalue weighted by Crippen LogP contribution is -2.49. The first kappa shape index (κ1) is 19.8. The molecule has 0 saturated carbocycles. The molecule has 1 saturated heterocycles. The van der Waals surface area contributed by atoms with E-state index in [0.717, 1.165) is 23.7 Å². The molecule has 5 nitrogen and oxygen atoms in total. The second-order valence-corrected chi connectivity index (χ2v) is 8.77. The molecule has 6 heteroatoms. The summed E-state index contributed by atoms with van der Waals surface area (Å²) in [5.41, 5.74) is -0.864. The van der Waals surface area contributed by atoms with Crippen LogP contribution < -0.4 is 0 Å². The van der Waals surface area contributed by atoms with Crippen LogP contribution >= 0.6 is 15.9 Å². The van der Waals surface area contributed by atoms with Gasteiger partial charge in [-0.1, -0.05) is 22.0 Å². The summed E-state index contributed by atoms with van der Waals surface area (Å²) in [6.45, 7) is 5.44. The minimum atomic E-state index is -0.655. The van der Waals surface area contributed by atoms with Crippen LogP contribution in [0.4, 0.5) is 4.79 Å². The van der Waals surface area contributed by atoms with Gasteiger partial charge in [-0.2, -0.15) is 0 Å². The number of esters is 1. The average molecular weight is 412 g/mol. The Morgan fingerprint density at radius 3 is 2.72 bits per heavy atom. The molecule has 25 heavy (non-hydrogen) atoms. The van der Waals surface area contributed by atoms with Crippen LogP contribution in [0.1, 0.15) is 52.9 Å². The van der Waals surface area contributed by atoms with E-state index in [4.69, 9.17) is 15.9 Å². The van der Waals surface area contributed by atoms with Crippen LogP contribution in [0.3, 0.4) is 0 Å². The number of likely N-dealkylation sites (tertiary alicyclic amines) is 1. The number of rotatable bonds is 3. The number of allylic oxidation sites excluding steroid dienone is 1. The first-order valence-corrected chi connectivity index (χ1v) is 9.31. The smallest absolute Gasteiger partial charge is 0.411 e. The number of nitrogens with zero attached hydrogens (tertiary/aromatic N) is 1. The third-order valence-corrected chi connectivity index (χ3v) is 5.57. The van der Waals surface area contributed by atoms with Gasteiger partial charge >= 0.3 is 12.1 Å². The van der Waals surface area contributed by atoms with E-state index < -0.39 is 23.7 Å². The molecule has 0 aromatic rings. The molecule has 0 spiro atoms. The second-order valence-electron chi connectivity index (χ2n) is 7.76. The van der Waals surface area contributed by atoms with Gasteiger partial charge in [-0.3, -0.25) is 4.90 Å². The zero-order chi connectivity index (χ0) is 18.8. The first-order valence-electron chi connectivity index (χ1n) is 8.52. The maximum atomic E-state index is 12.9. The Hall–Kier alpha value is -1.48. The molecule has 0 aromatic heterocycles. The average Bonchev–Trinajstić information content (AvgIpc) is 2.85. The van der Waals surface area contributed by atoms with E-state index in [9.17, 15) is 9.59 Å². The molecule has 1 aliphatic heterocycles. The van der Waals surface area contributed by atoms with Crippen LogP contribution in [-0.2, 0) is 14.3 Å². The van der Waals surface area contributed by atoms with Crippen molar-refractivity contribution >= 4 is 28.0 Å². The number of hydrogen-bond donors (Lipinski definition) is 0. The minimum Gasteiger partial charge on any atom is -0.467 e. The summed E-state index contributed by atoms with van der Waals surface area (Å²) in [5.74, 6) is 2.28. The van der Waals surface area contributed by atoms with Crippen molar-refractivity contribution in [3.05, 3.63) is 10.6 Å². The lowest BCUT2D eigenvalue weighted by atomic mass is 9.70. The van der Waals surface area contributed by atoms with Crippen LogP contribution in [0.25, 0.3) is 0 Å². The third kappa shape index (κ3) is 4.20. The molecule has 0 aromatic carbocycles. The number of amides is 1. The van der Waals surface area contributed by atoms with Crippen LogP contribution in [0, 0.1) is 17.8 Å². The van der Waals surface area contributed by atoms with Crippen LogP contribution in [-0.4, -0.2) is 41.8 Å². The first-order chi connectivity index (χ1) is 11.6. The Morgan fingerprint density at radius 1 is 1.48 bits per heavy atom. The van der Waals surface area contributed by atoms with E-state index in [2.05, 4.69) is 21.9 Å². The van der Waals surface area contributed by atoms with Gasteiger partial charge in [0.25, 0.3) is 0 Å². The van der Waals surface area contributed by atoms with Crippen molar-refractivity contribution < 1.29 is 19.1 Å². The summed E-state index contributed by atoms with van der Waals surface area (Å²) in [4.78, 5) is 26.8. The summed E-state index contributed by atoms with van der Waals surface area (Å²) in [5, 5.41) is 0. The number of hydrogen-bond acceptors (Lipinski definition) is 4. The molecule has 2 rings (SSSR count). The Balaban J connectivity index is 2.43. The van der Waals surface area contributed by atoms with Crippen molar-refractivity contribution in [3.8, 4) is 12.3 Å². The van der Waals surface area contributed by atoms with Crippen LogP contribution in [0.2, 0.25) is 0 Å². The van der Waals surface area contributed by atoms with Gasteiger partial charge in [0.05, 0.1) is 13.2 Å². The maximum absolute atomic E-state index is 12.9. The highest BCUT2D eigenvalue weighted by molar-refractivity contribution is 9.11. The summed E-state index contributed by atoms with van der Waals surface area (Å²) in [7, 11) is 1.34. The SMILES string of the molecule is C#CCC[C@@]12CCC(Br)=C[C@@H]1N(C(=O)OC(C)(C)C)[C@H](C(=O)OC)C2. The topological polar surface area (TPSA) is 55.8 Å². The zero-order valence-electron chi connectivity index (χ0n) is 15.3. The van der Waals surface area contributed by atoms with E-state index >= 15 is 0 Å². The molecule has 0 unspecified atom stereocenters. The molecule has 2 aliphatic rings. The monoisotopic (exact) mass is 411 g/mol. The highest BCUT2D eigenvalue weighted by atomic mass is 79.9. The largest absolute Gasteiger partial charge is 0.467 e. The Labute approximate surface area is 158 Å². The number of ether oxygens (including phenoxy) is 2. The normalized spacial score (nSPS) is 28.6. The molecular formula is C19H26BrNO4.